The van der Waals surface area contributed by atoms with Gasteiger partial charge in [0.2, 0.25) is 0 Å². The van der Waals surface area contributed by atoms with E-state index in [1.807, 2.05) is 0 Å². The van der Waals surface area contributed by atoms with E-state index in [-0.39, 0.29) is 0 Å². The molecule has 2 saturated heterocycles. The fourth-order valence-electron chi connectivity index (χ4n) is 2.93. The maximum atomic E-state index is 5.69. The van der Waals surface area contributed by atoms with E-state index in [9.17, 15) is 0 Å². The van der Waals surface area contributed by atoms with Crippen molar-refractivity contribution in [1.82, 2.24) is 10.2 Å². The van der Waals surface area contributed by atoms with Crippen molar-refractivity contribution in [2.24, 2.45) is 5.92 Å². The van der Waals surface area contributed by atoms with Gasteiger partial charge >= 0.3 is 0 Å². The average Bonchev–Trinajstić information content (AvgIpc) is 2.54. The summed E-state index contributed by atoms with van der Waals surface area (Å²) in [5, 5.41) is 3.43. The van der Waals surface area contributed by atoms with Crippen molar-refractivity contribution in [3.8, 4) is 0 Å². The van der Waals surface area contributed by atoms with Crippen LogP contribution < -0.4 is 5.32 Å². The van der Waals surface area contributed by atoms with Crippen molar-refractivity contribution in [2.75, 3.05) is 46.5 Å². The van der Waals surface area contributed by atoms with Crippen LogP contribution in [0, 0.1) is 5.92 Å². The van der Waals surface area contributed by atoms with Crippen LogP contribution in [0.4, 0.5) is 0 Å². The minimum Gasteiger partial charge on any atom is -0.381 e. The highest BCUT2D eigenvalue weighted by Crippen LogP contribution is 2.17. The van der Waals surface area contributed by atoms with Gasteiger partial charge in [-0.25, -0.2) is 0 Å². The van der Waals surface area contributed by atoms with Crippen molar-refractivity contribution in [2.45, 2.75) is 31.9 Å². The normalized spacial score (nSPS) is 36.7. The monoisotopic (exact) mass is 242 g/mol. The molecule has 2 aliphatic rings. The minimum atomic E-state index is 0.370. The van der Waals surface area contributed by atoms with E-state index < -0.39 is 0 Å². The summed E-state index contributed by atoms with van der Waals surface area (Å²) in [6, 6.07) is 0.614. The van der Waals surface area contributed by atoms with E-state index >= 15 is 0 Å². The lowest BCUT2D eigenvalue weighted by molar-refractivity contribution is 0.0131. The molecule has 0 bridgehead atoms. The molecular formula is C13H26N2O2. The molecule has 1 N–H and O–H groups in total. The molecule has 4 nitrogen and oxygen atoms in total. The van der Waals surface area contributed by atoms with Crippen molar-refractivity contribution in [3.63, 3.8) is 0 Å². The zero-order chi connectivity index (χ0) is 12.1. The minimum absolute atomic E-state index is 0.370. The first-order valence-electron chi connectivity index (χ1n) is 6.88. The van der Waals surface area contributed by atoms with Crippen molar-refractivity contribution in [1.29, 1.82) is 0 Å². The molecule has 2 fully saturated rings. The molecule has 17 heavy (non-hydrogen) atoms. The van der Waals surface area contributed by atoms with Gasteiger partial charge in [-0.15, -0.1) is 0 Å². The van der Waals surface area contributed by atoms with Crippen molar-refractivity contribution in [3.05, 3.63) is 0 Å². The van der Waals surface area contributed by atoms with Gasteiger partial charge in [0.15, 0.2) is 0 Å². The Hall–Kier alpha value is -0.160. The average molecular weight is 242 g/mol. The molecule has 0 aliphatic carbocycles. The maximum absolute atomic E-state index is 5.69. The molecule has 3 atom stereocenters. The molecular weight excluding hydrogens is 216 g/mol. The largest absolute Gasteiger partial charge is 0.381 e. The predicted molar refractivity (Wildman–Crippen MR) is 68.2 cm³/mol. The van der Waals surface area contributed by atoms with E-state index in [0.717, 1.165) is 52.3 Å². The molecule has 2 rings (SSSR count). The topological polar surface area (TPSA) is 33.7 Å². The van der Waals surface area contributed by atoms with Crippen LogP contribution in [0.1, 0.15) is 19.8 Å². The Balaban J connectivity index is 1.84. The predicted octanol–water partition coefficient (Wildman–Crippen LogP) is 0.722. The summed E-state index contributed by atoms with van der Waals surface area (Å²) in [7, 11) is 2.07. The van der Waals surface area contributed by atoms with Crippen LogP contribution in [0.25, 0.3) is 0 Å². The third-order valence-corrected chi connectivity index (χ3v) is 3.87. The molecule has 2 aliphatic heterocycles. The zero-order valence-electron chi connectivity index (χ0n) is 11.2. The van der Waals surface area contributed by atoms with Gasteiger partial charge in [0.25, 0.3) is 0 Å². The molecule has 0 aromatic heterocycles. The lowest BCUT2D eigenvalue weighted by Crippen LogP contribution is -2.47. The highest BCUT2D eigenvalue weighted by molar-refractivity contribution is 4.82. The smallest absolute Gasteiger partial charge is 0.0673 e. The second-order valence-electron chi connectivity index (χ2n) is 5.31. The van der Waals surface area contributed by atoms with Gasteiger partial charge in [-0.3, -0.25) is 0 Å². The molecule has 2 heterocycles. The number of ether oxygens (including phenoxy) is 2. The van der Waals surface area contributed by atoms with Crippen LogP contribution >= 0.6 is 0 Å². The number of nitrogens with zero attached hydrogens (tertiary/aromatic N) is 1. The molecule has 3 unspecified atom stereocenters. The standard InChI is InChI=1S/C13H26N2O2/c1-11-8-15(5-3-6-17-11)9-12-10-16-7-4-13(12)14-2/h11-14H,3-10H2,1-2H3. The van der Waals surface area contributed by atoms with Crippen LogP contribution in [0.3, 0.4) is 0 Å². The van der Waals surface area contributed by atoms with Crippen LogP contribution in [0.5, 0.6) is 0 Å². The van der Waals surface area contributed by atoms with E-state index in [4.69, 9.17) is 9.47 Å². The number of hydrogen-bond donors (Lipinski definition) is 1. The second-order valence-corrected chi connectivity index (χ2v) is 5.31. The van der Waals surface area contributed by atoms with E-state index in [1.54, 1.807) is 0 Å². The Morgan fingerprint density at radius 3 is 3.06 bits per heavy atom. The zero-order valence-corrected chi connectivity index (χ0v) is 11.2. The Labute approximate surface area is 105 Å². The van der Waals surface area contributed by atoms with E-state index in [0.29, 0.717) is 18.1 Å². The summed E-state index contributed by atoms with van der Waals surface area (Å²) in [5.41, 5.74) is 0. The Morgan fingerprint density at radius 1 is 1.35 bits per heavy atom. The molecule has 4 heteroatoms. The Kier molecular flexibility index (Phi) is 5.22. The Bertz CT molecular complexity index is 225. The molecule has 0 amide bonds. The van der Waals surface area contributed by atoms with Crippen LogP contribution in [-0.2, 0) is 9.47 Å². The van der Waals surface area contributed by atoms with Gasteiger partial charge in [0, 0.05) is 44.8 Å². The fraction of sp³-hybridized carbons (Fsp3) is 1.00. The molecule has 0 aromatic carbocycles. The molecule has 0 aromatic rings. The van der Waals surface area contributed by atoms with Gasteiger partial charge in [0.05, 0.1) is 12.7 Å². The maximum Gasteiger partial charge on any atom is 0.0673 e. The van der Waals surface area contributed by atoms with Gasteiger partial charge in [-0.1, -0.05) is 0 Å². The lowest BCUT2D eigenvalue weighted by atomic mass is 9.95. The van der Waals surface area contributed by atoms with E-state index in [2.05, 4.69) is 24.2 Å². The Morgan fingerprint density at radius 2 is 2.24 bits per heavy atom. The van der Waals surface area contributed by atoms with Crippen LogP contribution in [-0.4, -0.2) is 63.5 Å². The van der Waals surface area contributed by atoms with Gasteiger partial charge in [0.1, 0.15) is 0 Å². The number of hydrogen-bond acceptors (Lipinski definition) is 4. The SMILES string of the molecule is CNC1CCOCC1CN1CCCOC(C)C1. The summed E-state index contributed by atoms with van der Waals surface area (Å²) < 4.78 is 11.3. The van der Waals surface area contributed by atoms with Gasteiger partial charge in [-0.2, -0.15) is 0 Å². The van der Waals surface area contributed by atoms with Gasteiger partial charge in [-0.05, 0) is 26.8 Å². The summed E-state index contributed by atoms with van der Waals surface area (Å²) in [4.78, 5) is 2.54. The molecule has 0 saturated carbocycles. The summed E-state index contributed by atoms with van der Waals surface area (Å²) >= 11 is 0. The fourth-order valence-corrected chi connectivity index (χ4v) is 2.93. The lowest BCUT2D eigenvalue weighted by Gasteiger charge is -2.35. The van der Waals surface area contributed by atoms with Crippen LogP contribution in [0.2, 0.25) is 0 Å². The third kappa shape index (κ3) is 3.91. The summed E-state index contributed by atoms with van der Waals surface area (Å²) in [6.07, 6.45) is 2.67. The molecule has 0 radical (unpaired) electrons. The molecule has 0 spiro atoms. The van der Waals surface area contributed by atoms with E-state index in [1.165, 1.54) is 0 Å². The number of rotatable bonds is 3. The first kappa shape index (κ1) is 13.3. The van der Waals surface area contributed by atoms with Crippen molar-refractivity contribution < 1.29 is 9.47 Å². The van der Waals surface area contributed by atoms with Gasteiger partial charge < -0.3 is 19.7 Å². The summed E-state index contributed by atoms with van der Waals surface area (Å²) in [6.45, 7) is 8.25. The number of nitrogens with one attached hydrogen (secondary N) is 1. The first-order valence-corrected chi connectivity index (χ1v) is 6.88. The third-order valence-electron chi connectivity index (χ3n) is 3.87. The first-order chi connectivity index (χ1) is 8.29. The summed E-state index contributed by atoms with van der Waals surface area (Å²) in [5.74, 6) is 0.624. The van der Waals surface area contributed by atoms with Crippen molar-refractivity contribution >= 4 is 0 Å². The highest BCUT2D eigenvalue weighted by atomic mass is 16.5. The highest BCUT2D eigenvalue weighted by Gasteiger charge is 2.27. The quantitative estimate of drug-likeness (QED) is 0.791. The van der Waals surface area contributed by atoms with Crippen LogP contribution in [0.15, 0.2) is 0 Å². The second kappa shape index (κ2) is 6.69. The molecule has 100 valence electrons.